The molecule has 0 bridgehead atoms. The lowest BCUT2D eigenvalue weighted by atomic mass is 10.0. The average molecular weight is 646 g/mol. The van der Waals surface area contributed by atoms with E-state index in [9.17, 15) is 14.4 Å². The van der Waals surface area contributed by atoms with Gasteiger partial charge >= 0.3 is 5.97 Å². The number of carboxylic acids is 1. The quantitative estimate of drug-likeness (QED) is 0.124. The molecule has 7 nitrogen and oxygen atoms in total. The third kappa shape index (κ3) is 6.23. The largest absolute Gasteiger partial charge is 0.487 e. The molecule has 1 saturated heterocycles. The summed E-state index contributed by atoms with van der Waals surface area (Å²) in [5.41, 5.74) is 2.37. The molecule has 11 heteroatoms. The van der Waals surface area contributed by atoms with Gasteiger partial charge in [0.2, 0.25) is 0 Å². The second kappa shape index (κ2) is 12.1. The topological polar surface area (TPSA) is 95.9 Å². The molecule has 1 aliphatic rings. The Hall–Kier alpha value is -3.50. The van der Waals surface area contributed by atoms with Crippen LogP contribution in [0.15, 0.2) is 77.3 Å². The van der Waals surface area contributed by atoms with Gasteiger partial charge in [0.1, 0.15) is 17.9 Å². The molecule has 0 radical (unpaired) electrons. The Morgan fingerprint density at radius 1 is 1.15 bits per heavy atom. The fourth-order valence-corrected chi connectivity index (χ4v) is 5.12. The Bertz CT molecular complexity index is 1560. The lowest BCUT2D eigenvalue weighted by Gasteiger charge is -2.29. The van der Waals surface area contributed by atoms with Crippen LogP contribution in [0.25, 0.3) is 6.08 Å². The lowest BCUT2D eigenvalue weighted by Crippen LogP contribution is -2.54. The van der Waals surface area contributed by atoms with Gasteiger partial charge in [-0.1, -0.05) is 47.5 Å². The Morgan fingerprint density at radius 2 is 1.87 bits per heavy atom. The second-order valence-electron chi connectivity index (χ2n) is 8.31. The number of allylic oxidation sites excluding steroid dienone is 1. The molecule has 39 heavy (non-hydrogen) atoms. The highest BCUT2D eigenvalue weighted by Crippen LogP contribution is 2.36. The third-order valence-corrected chi connectivity index (χ3v) is 7.36. The molecule has 1 aliphatic heterocycles. The number of benzene rings is 3. The van der Waals surface area contributed by atoms with Crippen molar-refractivity contribution in [2.24, 2.45) is 0 Å². The molecule has 3 aromatic rings. The molecule has 2 amide bonds. The minimum absolute atomic E-state index is 0.111. The smallest absolute Gasteiger partial charge is 0.335 e. The minimum atomic E-state index is -1.01. The standard InChI is InChI=1S/C28H19BrCl2N2O5S/c1-2-4-18-11-16(13-20(29)24(18)38-14-15-7-9-17(10-8-15)27(36)37)12-19-25(34)32-28(39)33(26(19)35)22-6-3-5-21(30)23(22)31/h2-3,5-13H,1,4,14H2,(H,36,37)(H,32,34,39)/b19-12+. The van der Waals surface area contributed by atoms with Crippen LogP contribution in [0.2, 0.25) is 10.0 Å². The summed E-state index contributed by atoms with van der Waals surface area (Å²) in [5, 5.41) is 11.9. The Labute approximate surface area is 247 Å². The molecule has 1 fully saturated rings. The highest BCUT2D eigenvalue weighted by atomic mass is 79.9. The third-order valence-electron chi connectivity index (χ3n) is 5.68. The highest BCUT2D eigenvalue weighted by Gasteiger charge is 2.35. The number of aromatic carboxylic acids is 1. The van der Waals surface area contributed by atoms with Gasteiger partial charge in [-0.3, -0.25) is 19.8 Å². The number of anilines is 1. The normalized spacial score (nSPS) is 14.4. The number of halogens is 3. The van der Waals surface area contributed by atoms with Crippen molar-refractivity contribution in [3.63, 3.8) is 0 Å². The molecule has 3 aromatic carbocycles. The van der Waals surface area contributed by atoms with E-state index in [2.05, 4.69) is 27.8 Å². The first-order valence-corrected chi connectivity index (χ1v) is 13.3. The molecule has 0 unspecified atom stereocenters. The lowest BCUT2D eigenvalue weighted by molar-refractivity contribution is -0.122. The van der Waals surface area contributed by atoms with Gasteiger partial charge in [0.05, 0.1) is 25.8 Å². The van der Waals surface area contributed by atoms with Crippen molar-refractivity contribution >= 4 is 86.0 Å². The first-order valence-electron chi connectivity index (χ1n) is 11.3. The van der Waals surface area contributed by atoms with Crippen LogP contribution in [0.3, 0.4) is 0 Å². The Morgan fingerprint density at radius 3 is 2.54 bits per heavy atom. The first kappa shape index (κ1) is 28.5. The summed E-state index contributed by atoms with van der Waals surface area (Å²) < 4.78 is 6.63. The van der Waals surface area contributed by atoms with Gasteiger partial charge in [0.25, 0.3) is 11.8 Å². The molecule has 2 N–H and O–H groups in total. The van der Waals surface area contributed by atoms with Crippen molar-refractivity contribution < 1.29 is 24.2 Å². The SMILES string of the molecule is C=CCc1cc(/C=C2\C(=O)NC(=S)N(c3cccc(Cl)c3Cl)C2=O)cc(Br)c1OCc1ccc(C(=O)O)cc1. The maximum Gasteiger partial charge on any atom is 0.335 e. The molecular weight excluding hydrogens is 627 g/mol. The molecule has 4 rings (SSSR count). The molecule has 0 spiro atoms. The average Bonchev–Trinajstić information content (AvgIpc) is 2.89. The highest BCUT2D eigenvalue weighted by molar-refractivity contribution is 9.10. The fourth-order valence-electron chi connectivity index (χ4n) is 3.83. The van der Waals surface area contributed by atoms with Gasteiger partial charge < -0.3 is 9.84 Å². The van der Waals surface area contributed by atoms with Gasteiger partial charge in [-0.2, -0.15) is 0 Å². The van der Waals surface area contributed by atoms with Crippen LogP contribution < -0.4 is 15.0 Å². The zero-order chi connectivity index (χ0) is 28.3. The molecule has 0 aliphatic carbocycles. The second-order valence-corrected chi connectivity index (χ2v) is 10.3. The van der Waals surface area contributed by atoms with Crippen molar-refractivity contribution in [3.8, 4) is 5.75 Å². The zero-order valence-electron chi connectivity index (χ0n) is 20.0. The Balaban J connectivity index is 1.65. The molecule has 1 heterocycles. The van der Waals surface area contributed by atoms with Crippen LogP contribution in [-0.2, 0) is 22.6 Å². The van der Waals surface area contributed by atoms with Gasteiger partial charge in [0, 0.05) is 0 Å². The number of nitrogens with zero attached hydrogens (tertiary/aromatic N) is 1. The van der Waals surface area contributed by atoms with E-state index in [1.54, 1.807) is 48.5 Å². The van der Waals surface area contributed by atoms with Crippen molar-refractivity contribution in [3.05, 3.63) is 110 Å². The van der Waals surface area contributed by atoms with Crippen molar-refractivity contribution in [2.75, 3.05) is 4.90 Å². The van der Waals surface area contributed by atoms with E-state index in [0.29, 0.717) is 22.2 Å². The van der Waals surface area contributed by atoms with Gasteiger partial charge in [-0.15, -0.1) is 6.58 Å². The summed E-state index contributed by atoms with van der Waals surface area (Å²) in [6.07, 6.45) is 3.60. The summed E-state index contributed by atoms with van der Waals surface area (Å²) in [7, 11) is 0. The molecule has 0 atom stereocenters. The summed E-state index contributed by atoms with van der Waals surface area (Å²) in [6.45, 7) is 3.99. The van der Waals surface area contributed by atoms with Gasteiger partial charge in [-0.05, 0) is 93.7 Å². The zero-order valence-corrected chi connectivity index (χ0v) is 24.0. The number of hydrogen-bond acceptors (Lipinski definition) is 5. The van der Waals surface area contributed by atoms with Crippen LogP contribution in [0, 0.1) is 0 Å². The number of carboxylic acid groups (broad SMARTS) is 1. The van der Waals surface area contributed by atoms with Crippen LogP contribution >= 0.6 is 51.3 Å². The van der Waals surface area contributed by atoms with Crippen LogP contribution in [0.4, 0.5) is 5.69 Å². The summed E-state index contributed by atoms with van der Waals surface area (Å²) in [5.74, 6) is -1.76. The van der Waals surface area contributed by atoms with E-state index in [-0.39, 0.29) is 38.6 Å². The van der Waals surface area contributed by atoms with Crippen molar-refractivity contribution in [1.29, 1.82) is 0 Å². The number of carbonyl (C=O) groups excluding carboxylic acids is 2. The number of hydrogen-bond donors (Lipinski definition) is 2. The predicted octanol–water partition coefficient (Wildman–Crippen LogP) is 6.59. The molecular formula is C28H19BrCl2N2O5S. The number of amides is 2. The number of nitrogens with one attached hydrogen (secondary N) is 1. The van der Waals surface area contributed by atoms with E-state index in [1.807, 2.05) is 0 Å². The summed E-state index contributed by atoms with van der Waals surface area (Å²) >= 11 is 21.2. The van der Waals surface area contributed by atoms with E-state index in [4.69, 9.17) is 45.3 Å². The number of rotatable bonds is 8. The first-order chi connectivity index (χ1) is 18.6. The van der Waals surface area contributed by atoms with E-state index >= 15 is 0 Å². The summed E-state index contributed by atoms with van der Waals surface area (Å²) in [6, 6.07) is 14.6. The van der Waals surface area contributed by atoms with E-state index in [0.717, 1.165) is 16.0 Å². The van der Waals surface area contributed by atoms with Crippen LogP contribution in [0.5, 0.6) is 5.75 Å². The fraction of sp³-hybridized carbons (Fsp3) is 0.0714. The monoisotopic (exact) mass is 644 g/mol. The summed E-state index contributed by atoms with van der Waals surface area (Å²) in [4.78, 5) is 38.4. The Kier molecular flexibility index (Phi) is 8.87. The van der Waals surface area contributed by atoms with Crippen LogP contribution in [-0.4, -0.2) is 28.0 Å². The maximum absolute atomic E-state index is 13.4. The minimum Gasteiger partial charge on any atom is -0.487 e. The number of thiocarbonyl (C=S) groups is 1. The predicted molar refractivity (Wildman–Crippen MR) is 158 cm³/mol. The van der Waals surface area contributed by atoms with Crippen molar-refractivity contribution in [2.45, 2.75) is 13.0 Å². The van der Waals surface area contributed by atoms with Crippen molar-refractivity contribution in [1.82, 2.24) is 5.32 Å². The molecule has 198 valence electrons. The molecule has 0 aromatic heterocycles. The number of carbonyl (C=O) groups is 3. The van der Waals surface area contributed by atoms with E-state index in [1.165, 1.54) is 18.2 Å². The van der Waals surface area contributed by atoms with Gasteiger partial charge in [0.15, 0.2) is 5.11 Å². The maximum atomic E-state index is 13.4. The van der Waals surface area contributed by atoms with E-state index < -0.39 is 17.8 Å². The van der Waals surface area contributed by atoms with Crippen LogP contribution in [0.1, 0.15) is 27.0 Å². The number of ether oxygens (including phenoxy) is 1. The molecule has 0 saturated carbocycles. The van der Waals surface area contributed by atoms with Gasteiger partial charge in [-0.25, -0.2) is 4.79 Å².